The Bertz CT molecular complexity index is 844. The van der Waals surface area contributed by atoms with Gasteiger partial charge in [-0.15, -0.1) is 0 Å². The normalized spacial score (nSPS) is 16.4. The molecule has 3 aromatic heterocycles. The zero-order valence-corrected chi connectivity index (χ0v) is 15.1. The van der Waals surface area contributed by atoms with E-state index >= 15 is 0 Å². The lowest BCUT2D eigenvalue weighted by molar-refractivity contribution is 0.0856. The molecule has 1 fully saturated rings. The summed E-state index contributed by atoms with van der Waals surface area (Å²) in [6, 6.07) is 0.534. The predicted molar refractivity (Wildman–Crippen MR) is 99.1 cm³/mol. The fourth-order valence-electron chi connectivity index (χ4n) is 3.71. The minimum absolute atomic E-state index is 0.534. The van der Waals surface area contributed by atoms with Crippen molar-refractivity contribution in [1.82, 2.24) is 24.7 Å². The summed E-state index contributed by atoms with van der Waals surface area (Å²) in [5.41, 5.74) is 5.55. The van der Waals surface area contributed by atoms with Crippen molar-refractivity contribution in [3.63, 3.8) is 0 Å². The summed E-state index contributed by atoms with van der Waals surface area (Å²) in [5.74, 6) is 0.538. The monoisotopic (exact) mass is 341 g/mol. The molecule has 3 aromatic rings. The number of ether oxygens (including phenoxy) is 1. The van der Waals surface area contributed by atoms with Gasteiger partial charge in [-0.05, 0) is 43.7 Å². The predicted octanol–water partition coefficient (Wildman–Crippen LogP) is 3.04. The van der Waals surface area contributed by atoms with Gasteiger partial charge in [0.2, 0.25) is 0 Å². The molecule has 0 radical (unpaired) electrons. The molecule has 4 heterocycles. The van der Waals surface area contributed by atoms with Gasteiger partial charge in [0.05, 0.1) is 17.4 Å². The van der Waals surface area contributed by atoms with Crippen LogP contribution in [-0.4, -0.2) is 45.2 Å². The van der Waals surface area contributed by atoms with Gasteiger partial charge in [0.1, 0.15) is 0 Å². The van der Waals surface area contributed by atoms with Gasteiger partial charge in [-0.1, -0.05) is 13.8 Å². The summed E-state index contributed by atoms with van der Waals surface area (Å²) in [4.78, 5) is 12.7. The van der Waals surface area contributed by atoms with Crippen molar-refractivity contribution in [2.75, 3.05) is 19.8 Å². The third kappa shape index (κ3) is 3.41. The quantitative estimate of drug-likeness (QED) is 0.676. The summed E-state index contributed by atoms with van der Waals surface area (Å²) in [6.07, 6.45) is 10.4. The first-order chi connectivity index (χ1) is 12.2. The van der Waals surface area contributed by atoms with E-state index in [2.05, 4.69) is 45.9 Å². The maximum Gasteiger partial charge on any atom is 0.156 e. The van der Waals surface area contributed by atoms with Gasteiger partial charge in [0, 0.05) is 31.6 Å². The minimum atomic E-state index is 0.534. The summed E-state index contributed by atoms with van der Waals surface area (Å²) < 4.78 is 7.74. The smallest absolute Gasteiger partial charge is 0.156 e. The zero-order chi connectivity index (χ0) is 17.2. The van der Waals surface area contributed by atoms with E-state index in [0.29, 0.717) is 12.0 Å². The second-order valence-corrected chi connectivity index (χ2v) is 7.26. The molecule has 2 N–H and O–H groups in total. The number of imidazole rings is 1. The molecule has 6 nitrogen and oxygen atoms in total. The third-order valence-electron chi connectivity index (χ3n) is 5.02. The van der Waals surface area contributed by atoms with Crippen molar-refractivity contribution in [1.29, 1.82) is 0 Å². The van der Waals surface area contributed by atoms with Crippen LogP contribution in [0, 0.1) is 0 Å². The van der Waals surface area contributed by atoms with Crippen LogP contribution in [0.2, 0.25) is 0 Å². The lowest BCUT2D eigenvalue weighted by Crippen LogP contribution is -2.23. The Kier molecular flexibility index (Phi) is 4.72. The maximum atomic E-state index is 5.52. The number of rotatable bonds is 6. The standard InChI is InChI=1S/C19H27N5O/c1-13(2)20-7-3-4-15-12-24-17(23-15)11-22-19-18(24)16(10-21-19)14-5-8-25-9-6-14/h10-14,20-21H,3-9H2,1-2H3. The van der Waals surface area contributed by atoms with Crippen LogP contribution < -0.4 is 5.32 Å². The number of nitrogens with one attached hydrogen (secondary N) is 2. The Labute approximate surface area is 148 Å². The highest BCUT2D eigenvalue weighted by molar-refractivity contribution is 5.79. The largest absolute Gasteiger partial charge is 0.381 e. The molecule has 134 valence electrons. The topological polar surface area (TPSA) is 67.2 Å². The van der Waals surface area contributed by atoms with Crippen LogP contribution in [0.25, 0.3) is 16.8 Å². The van der Waals surface area contributed by atoms with E-state index in [0.717, 1.165) is 62.4 Å². The van der Waals surface area contributed by atoms with Crippen molar-refractivity contribution in [2.24, 2.45) is 0 Å². The van der Waals surface area contributed by atoms with Crippen LogP contribution >= 0.6 is 0 Å². The fourth-order valence-corrected chi connectivity index (χ4v) is 3.71. The number of aromatic nitrogens is 4. The molecular weight excluding hydrogens is 314 g/mol. The Balaban J connectivity index is 1.62. The van der Waals surface area contributed by atoms with E-state index in [9.17, 15) is 0 Å². The molecule has 0 aliphatic carbocycles. The molecule has 0 bridgehead atoms. The molecule has 1 aliphatic rings. The van der Waals surface area contributed by atoms with E-state index < -0.39 is 0 Å². The molecule has 0 saturated carbocycles. The first-order valence-electron chi connectivity index (χ1n) is 9.37. The average molecular weight is 341 g/mol. The second-order valence-electron chi connectivity index (χ2n) is 7.26. The SMILES string of the molecule is CC(C)NCCCc1cn2c(cnc3[nH]cc(C4CCOCC4)c32)n1. The highest BCUT2D eigenvalue weighted by Crippen LogP contribution is 2.32. The average Bonchev–Trinajstić information content (AvgIpc) is 3.22. The Morgan fingerprint density at radius 2 is 2.20 bits per heavy atom. The number of fused-ring (bicyclic) bond motifs is 3. The summed E-state index contributed by atoms with van der Waals surface area (Å²) in [6.45, 7) is 7.07. The van der Waals surface area contributed by atoms with Crippen LogP contribution in [0.4, 0.5) is 0 Å². The molecule has 0 unspecified atom stereocenters. The Morgan fingerprint density at radius 3 is 3.00 bits per heavy atom. The molecule has 0 spiro atoms. The lowest BCUT2D eigenvalue weighted by atomic mass is 9.93. The van der Waals surface area contributed by atoms with Crippen LogP contribution in [0.1, 0.15) is 50.3 Å². The molecule has 25 heavy (non-hydrogen) atoms. The van der Waals surface area contributed by atoms with Crippen LogP contribution in [0.3, 0.4) is 0 Å². The molecule has 0 amide bonds. The van der Waals surface area contributed by atoms with Crippen molar-refractivity contribution in [2.45, 2.75) is 51.5 Å². The van der Waals surface area contributed by atoms with E-state index in [-0.39, 0.29) is 0 Å². The number of nitrogens with zero attached hydrogens (tertiary/aromatic N) is 3. The highest BCUT2D eigenvalue weighted by atomic mass is 16.5. The van der Waals surface area contributed by atoms with Crippen LogP contribution in [0.15, 0.2) is 18.6 Å². The molecule has 0 aromatic carbocycles. The number of aromatic amines is 1. The van der Waals surface area contributed by atoms with Gasteiger partial charge < -0.3 is 15.0 Å². The highest BCUT2D eigenvalue weighted by Gasteiger charge is 2.21. The van der Waals surface area contributed by atoms with Crippen molar-refractivity contribution >= 4 is 16.8 Å². The fraction of sp³-hybridized carbons (Fsp3) is 0.579. The van der Waals surface area contributed by atoms with Gasteiger partial charge in [-0.3, -0.25) is 4.40 Å². The summed E-state index contributed by atoms with van der Waals surface area (Å²) in [5, 5.41) is 3.46. The molecule has 1 aliphatic heterocycles. The van der Waals surface area contributed by atoms with E-state index in [1.165, 1.54) is 11.1 Å². The number of hydrogen-bond acceptors (Lipinski definition) is 4. The lowest BCUT2D eigenvalue weighted by Gasteiger charge is -2.21. The summed E-state index contributed by atoms with van der Waals surface area (Å²) in [7, 11) is 0. The van der Waals surface area contributed by atoms with E-state index in [1.54, 1.807) is 0 Å². The minimum Gasteiger partial charge on any atom is -0.381 e. The number of hydrogen-bond donors (Lipinski definition) is 2. The van der Waals surface area contributed by atoms with Crippen molar-refractivity contribution < 1.29 is 4.74 Å². The maximum absolute atomic E-state index is 5.52. The third-order valence-corrected chi connectivity index (χ3v) is 5.02. The van der Waals surface area contributed by atoms with Crippen molar-refractivity contribution in [3.05, 3.63) is 29.8 Å². The number of H-pyrrole nitrogens is 1. The Morgan fingerprint density at radius 1 is 1.36 bits per heavy atom. The van der Waals surface area contributed by atoms with Crippen LogP contribution in [-0.2, 0) is 11.2 Å². The van der Waals surface area contributed by atoms with Gasteiger partial charge in [0.25, 0.3) is 0 Å². The molecule has 1 saturated heterocycles. The first-order valence-corrected chi connectivity index (χ1v) is 9.37. The molecule has 0 atom stereocenters. The van der Waals surface area contributed by atoms with Gasteiger partial charge in [-0.2, -0.15) is 0 Å². The Hall–Kier alpha value is -1.92. The summed E-state index contributed by atoms with van der Waals surface area (Å²) >= 11 is 0. The van der Waals surface area contributed by atoms with Crippen molar-refractivity contribution in [3.8, 4) is 0 Å². The van der Waals surface area contributed by atoms with Gasteiger partial charge in [0.15, 0.2) is 11.3 Å². The molecule has 4 rings (SSSR count). The zero-order valence-electron chi connectivity index (χ0n) is 15.1. The number of aryl methyl sites for hydroxylation is 1. The van der Waals surface area contributed by atoms with E-state index in [4.69, 9.17) is 9.72 Å². The van der Waals surface area contributed by atoms with Crippen LogP contribution in [0.5, 0.6) is 0 Å². The molecule has 6 heteroatoms. The van der Waals surface area contributed by atoms with Gasteiger partial charge in [-0.25, -0.2) is 9.97 Å². The first kappa shape index (κ1) is 16.5. The van der Waals surface area contributed by atoms with Gasteiger partial charge >= 0.3 is 0 Å². The molecular formula is C19H27N5O. The second kappa shape index (κ2) is 7.14. The van der Waals surface area contributed by atoms with E-state index in [1.807, 2.05) is 6.20 Å².